The van der Waals surface area contributed by atoms with Crippen molar-refractivity contribution in [3.63, 3.8) is 0 Å². The Morgan fingerprint density at radius 2 is 1.93 bits per heavy atom. The van der Waals surface area contributed by atoms with E-state index in [1.54, 1.807) is 6.07 Å². The van der Waals surface area contributed by atoms with Crippen molar-refractivity contribution in [1.29, 1.82) is 0 Å². The molecule has 0 radical (unpaired) electrons. The van der Waals surface area contributed by atoms with Crippen LogP contribution in [0.25, 0.3) is 0 Å². The van der Waals surface area contributed by atoms with Crippen LogP contribution in [0.3, 0.4) is 0 Å². The van der Waals surface area contributed by atoms with Crippen molar-refractivity contribution in [2.45, 2.75) is 55.9 Å². The highest BCUT2D eigenvalue weighted by atomic mass is 32.2. The Morgan fingerprint density at radius 3 is 2.72 bits per heavy atom. The summed E-state index contributed by atoms with van der Waals surface area (Å²) in [5, 5.41) is 5.76. The highest BCUT2D eigenvalue weighted by Gasteiger charge is 2.34. The first kappa shape index (κ1) is 20.2. The van der Waals surface area contributed by atoms with Crippen LogP contribution in [0.1, 0.15) is 44.9 Å². The second-order valence-electron chi connectivity index (χ2n) is 8.04. The minimum absolute atomic E-state index is 0.0390. The van der Waals surface area contributed by atoms with E-state index < -0.39 is 10.0 Å². The number of hydrogen-bond acceptors (Lipinski definition) is 5. The number of nitrogens with zero attached hydrogens (tertiary/aromatic N) is 1. The van der Waals surface area contributed by atoms with Gasteiger partial charge in [-0.3, -0.25) is 9.59 Å². The van der Waals surface area contributed by atoms with Crippen LogP contribution < -0.4 is 15.4 Å². The molecule has 1 aliphatic carbocycles. The molecule has 3 aliphatic rings. The molecule has 2 aliphatic heterocycles. The molecule has 29 heavy (non-hydrogen) atoms. The molecule has 1 saturated heterocycles. The summed E-state index contributed by atoms with van der Waals surface area (Å²) in [7, 11) is -3.77. The number of fused-ring (bicyclic) bond motifs is 1. The Labute approximate surface area is 171 Å². The van der Waals surface area contributed by atoms with Gasteiger partial charge in [-0.25, -0.2) is 8.42 Å². The van der Waals surface area contributed by atoms with Gasteiger partial charge in [-0.2, -0.15) is 4.31 Å². The van der Waals surface area contributed by atoms with Crippen LogP contribution in [-0.2, 0) is 19.6 Å². The lowest BCUT2D eigenvalue weighted by molar-refractivity contribution is -0.127. The van der Waals surface area contributed by atoms with Gasteiger partial charge in [0.15, 0.2) is 6.61 Å². The molecule has 2 heterocycles. The zero-order valence-electron chi connectivity index (χ0n) is 16.4. The molecule has 1 atom stereocenters. The van der Waals surface area contributed by atoms with Crippen LogP contribution in [0.15, 0.2) is 23.1 Å². The van der Waals surface area contributed by atoms with Gasteiger partial charge in [0.05, 0.1) is 16.5 Å². The van der Waals surface area contributed by atoms with Crippen molar-refractivity contribution in [3.05, 3.63) is 18.2 Å². The summed E-state index contributed by atoms with van der Waals surface area (Å²) in [6, 6.07) is 4.68. The third-order valence-corrected chi connectivity index (χ3v) is 7.79. The second kappa shape index (κ2) is 8.31. The van der Waals surface area contributed by atoms with Crippen molar-refractivity contribution in [2.24, 2.45) is 5.92 Å². The zero-order chi connectivity index (χ0) is 20.4. The van der Waals surface area contributed by atoms with Crippen LogP contribution in [0.2, 0.25) is 0 Å². The topological polar surface area (TPSA) is 105 Å². The zero-order valence-corrected chi connectivity index (χ0v) is 17.2. The molecule has 1 unspecified atom stereocenters. The van der Waals surface area contributed by atoms with Crippen molar-refractivity contribution in [1.82, 2.24) is 9.62 Å². The summed E-state index contributed by atoms with van der Waals surface area (Å²) in [6.45, 7) is 0.485. The lowest BCUT2D eigenvalue weighted by Crippen LogP contribution is -2.47. The minimum Gasteiger partial charge on any atom is -0.482 e. The van der Waals surface area contributed by atoms with E-state index in [-0.39, 0.29) is 41.8 Å². The van der Waals surface area contributed by atoms with Gasteiger partial charge in [-0.15, -0.1) is 0 Å². The minimum atomic E-state index is -3.77. The number of amides is 2. The molecule has 1 saturated carbocycles. The molecule has 0 aromatic heterocycles. The Kier molecular flexibility index (Phi) is 5.78. The Balaban J connectivity index is 1.46. The van der Waals surface area contributed by atoms with E-state index in [2.05, 4.69) is 10.6 Å². The third-order valence-electron chi connectivity index (χ3n) is 5.93. The summed E-state index contributed by atoms with van der Waals surface area (Å²) >= 11 is 0. The van der Waals surface area contributed by atoms with E-state index in [0.717, 1.165) is 25.7 Å². The number of benzene rings is 1. The van der Waals surface area contributed by atoms with E-state index in [1.807, 2.05) is 0 Å². The van der Waals surface area contributed by atoms with Crippen molar-refractivity contribution >= 4 is 27.5 Å². The largest absolute Gasteiger partial charge is 0.482 e. The second-order valence-corrected chi connectivity index (χ2v) is 9.98. The first-order chi connectivity index (χ1) is 13.9. The van der Waals surface area contributed by atoms with Crippen molar-refractivity contribution in [2.75, 3.05) is 25.0 Å². The molecule has 8 nitrogen and oxygen atoms in total. The quantitative estimate of drug-likeness (QED) is 0.772. The monoisotopic (exact) mass is 421 g/mol. The summed E-state index contributed by atoms with van der Waals surface area (Å²) < 4.78 is 33.0. The first-order valence-electron chi connectivity index (χ1n) is 10.3. The number of sulfonamides is 1. The number of ether oxygens (including phenoxy) is 1. The van der Waals surface area contributed by atoms with Crippen molar-refractivity contribution < 1.29 is 22.7 Å². The maximum Gasteiger partial charge on any atom is 0.262 e. The number of piperidine rings is 1. The van der Waals surface area contributed by atoms with E-state index in [1.165, 1.54) is 22.9 Å². The summed E-state index contributed by atoms with van der Waals surface area (Å²) in [4.78, 5) is 24.3. The number of hydrogen-bond donors (Lipinski definition) is 2. The van der Waals surface area contributed by atoms with E-state index in [0.29, 0.717) is 30.8 Å². The van der Waals surface area contributed by atoms with Gasteiger partial charge >= 0.3 is 0 Å². The van der Waals surface area contributed by atoms with Crippen LogP contribution in [0.4, 0.5) is 5.69 Å². The smallest absolute Gasteiger partial charge is 0.262 e. The lowest BCUT2D eigenvalue weighted by Gasteiger charge is -2.33. The van der Waals surface area contributed by atoms with Crippen LogP contribution in [-0.4, -0.2) is 50.3 Å². The fraction of sp³-hybridized carbons (Fsp3) is 0.600. The molecule has 2 N–H and O–H groups in total. The first-order valence-corrected chi connectivity index (χ1v) is 11.7. The molecular formula is C20H27N3O5S. The van der Waals surface area contributed by atoms with Crippen LogP contribution in [0.5, 0.6) is 5.75 Å². The summed E-state index contributed by atoms with van der Waals surface area (Å²) in [6.07, 6.45) is 6.83. The fourth-order valence-electron chi connectivity index (χ4n) is 4.31. The molecule has 0 spiro atoms. The Bertz CT molecular complexity index is 895. The van der Waals surface area contributed by atoms with Crippen molar-refractivity contribution in [3.8, 4) is 5.75 Å². The van der Waals surface area contributed by atoms with E-state index in [4.69, 9.17) is 4.74 Å². The molecule has 2 amide bonds. The van der Waals surface area contributed by atoms with E-state index >= 15 is 0 Å². The van der Waals surface area contributed by atoms with Gasteiger partial charge in [-0.05, 0) is 43.9 Å². The average Bonchev–Trinajstić information content (AvgIpc) is 2.74. The summed E-state index contributed by atoms with van der Waals surface area (Å²) in [5.41, 5.74) is 0.353. The molecule has 4 rings (SSSR count). The lowest BCUT2D eigenvalue weighted by atomic mass is 9.93. The van der Waals surface area contributed by atoms with Gasteiger partial charge in [0.2, 0.25) is 15.9 Å². The highest BCUT2D eigenvalue weighted by molar-refractivity contribution is 7.89. The molecule has 9 heteroatoms. The molecular weight excluding hydrogens is 394 g/mol. The highest BCUT2D eigenvalue weighted by Crippen LogP contribution is 2.32. The number of rotatable bonds is 4. The number of carbonyl (C=O) groups is 2. The van der Waals surface area contributed by atoms with Gasteiger partial charge in [0.1, 0.15) is 5.75 Å². The van der Waals surface area contributed by atoms with Gasteiger partial charge < -0.3 is 15.4 Å². The van der Waals surface area contributed by atoms with Gasteiger partial charge in [0.25, 0.3) is 5.91 Å². The molecule has 2 fully saturated rings. The van der Waals surface area contributed by atoms with Gasteiger partial charge in [0, 0.05) is 19.1 Å². The molecule has 1 aromatic carbocycles. The Hall–Kier alpha value is -2.13. The number of anilines is 1. The van der Waals surface area contributed by atoms with Gasteiger partial charge in [-0.1, -0.05) is 19.3 Å². The number of nitrogens with one attached hydrogen (secondary N) is 2. The van der Waals surface area contributed by atoms with Crippen LogP contribution in [0, 0.1) is 5.92 Å². The SMILES string of the molecule is O=C1COc2ccc(S(=O)(=O)N3CCCC(C(=O)NC4CCCCC4)C3)cc2N1. The van der Waals surface area contributed by atoms with Crippen LogP contribution >= 0.6 is 0 Å². The third kappa shape index (κ3) is 4.40. The molecule has 1 aromatic rings. The normalized spacial score (nSPS) is 23.6. The number of carbonyl (C=O) groups excluding carboxylic acids is 2. The predicted octanol–water partition coefficient (Wildman–Crippen LogP) is 1.87. The molecule has 158 valence electrons. The summed E-state index contributed by atoms with van der Waals surface area (Å²) in [5.74, 6) is -0.236. The molecule has 0 bridgehead atoms. The fourth-order valence-corrected chi connectivity index (χ4v) is 5.86. The standard InChI is InChI=1S/C20H27N3O5S/c24-19-13-28-18-9-8-16(11-17(18)22-19)29(26,27)23-10-4-5-14(12-23)20(25)21-15-6-2-1-3-7-15/h8-9,11,14-15H,1-7,10,12-13H2,(H,21,25)(H,22,24). The average molecular weight is 422 g/mol. The maximum atomic E-state index is 13.2. The van der Waals surface area contributed by atoms with E-state index in [9.17, 15) is 18.0 Å². The maximum absolute atomic E-state index is 13.2. The Morgan fingerprint density at radius 1 is 1.14 bits per heavy atom. The predicted molar refractivity (Wildman–Crippen MR) is 107 cm³/mol.